The van der Waals surface area contributed by atoms with Gasteiger partial charge in [0.05, 0.1) is 22.8 Å². The maximum absolute atomic E-state index is 13.3. The first kappa shape index (κ1) is 37.6. The van der Waals surface area contributed by atoms with E-state index in [1.807, 2.05) is 60.7 Å². The number of aromatic nitrogens is 4. The number of carbonyl (C=O) groups excluding carboxylic acids is 2. The molecule has 53 heavy (non-hydrogen) atoms. The van der Waals surface area contributed by atoms with Crippen molar-refractivity contribution in [1.29, 1.82) is 0 Å². The van der Waals surface area contributed by atoms with Crippen LogP contribution in [0.2, 0.25) is 0 Å². The average Bonchev–Trinajstić information content (AvgIpc) is 3.82. The summed E-state index contributed by atoms with van der Waals surface area (Å²) in [5, 5.41) is 0. The Morgan fingerprint density at radius 2 is 0.962 bits per heavy atom. The molecular weight excluding hydrogens is 699 g/mol. The smallest absolute Gasteiger partial charge is 0.657 e. The number of ketones is 2. The van der Waals surface area contributed by atoms with E-state index in [0.717, 1.165) is 91.1 Å². The van der Waals surface area contributed by atoms with Crippen molar-refractivity contribution in [2.75, 3.05) is 0 Å². The van der Waals surface area contributed by atoms with Crippen molar-refractivity contribution in [1.82, 2.24) is 19.9 Å². The molecule has 0 saturated carbocycles. The summed E-state index contributed by atoms with van der Waals surface area (Å²) in [6.45, 7) is 12.8. The third-order valence-corrected chi connectivity index (χ3v) is 10.7. The zero-order valence-corrected chi connectivity index (χ0v) is 32.3. The van der Waals surface area contributed by atoms with Crippen LogP contribution >= 0.6 is 0 Å². The second kappa shape index (κ2) is 15.9. The van der Waals surface area contributed by atoms with Crippen molar-refractivity contribution in [2.45, 2.75) is 80.1 Å². The molecule has 0 saturated heterocycles. The maximum Gasteiger partial charge on any atom is 2.00 e. The molecule has 0 N–H and O–H groups in total. The monoisotopic (exact) mass is 743 g/mol. The van der Waals surface area contributed by atoms with Crippen molar-refractivity contribution in [3.05, 3.63) is 141 Å². The molecule has 2 aliphatic heterocycles. The van der Waals surface area contributed by atoms with Crippen LogP contribution in [0.4, 0.5) is 0 Å². The molecule has 0 unspecified atom stereocenters. The fourth-order valence-electron chi connectivity index (χ4n) is 7.61. The molecule has 7 heteroatoms. The van der Waals surface area contributed by atoms with Gasteiger partial charge in [-0.05, 0) is 75.7 Å². The molecule has 269 valence electrons. The van der Waals surface area contributed by atoms with Gasteiger partial charge in [-0.25, -0.2) is 9.97 Å². The van der Waals surface area contributed by atoms with Crippen molar-refractivity contribution in [2.24, 2.45) is 0 Å². The minimum Gasteiger partial charge on any atom is -0.657 e. The number of fused-ring (bicyclic) bond motifs is 8. The summed E-state index contributed by atoms with van der Waals surface area (Å²) in [7, 11) is 0. The zero-order chi connectivity index (χ0) is 36.5. The van der Waals surface area contributed by atoms with Gasteiger partial charge in [0.15, 0.2) is 11.6 Å². The van der Waals surface area contributed by atoms with Crippen molar-refractivity contribution in [3.63, 3.8) is 0 Å². The number of allylic oxidation sites excluding steroid dienone is 4. The molecule has 0 atom stereocenters. The summed E-state index contributed by atoms with van der Waals surface area (Å²) in [4.78, 5) is 47.4. The van der Waals surface area contributed by atoms with Crippen LogP contribution in [-0.4, -0.2) is 21.5 Å². The molecule has 6 nitrogen and oxygen atoms in total. The van der Waals surface area contributed by atoms with Gasteiger partial charge in [-0.15, -0.1) is 22.1 Å². The minimum atomic E-state index is 0. The normalized spacial score (nSPS) is 12.6. The Hall–Kier alpha value is -5.11. The molecule has 0 spiro atoms. The molecule has 0 amide bonds. The van der Waals surface area contributed by atoms with Crippen LogP contribution in [0, 0.1) is 13.8 Å². The Labute approximate surface area is 322 Å². The molecule has 2 aromatic carbocycles. The maximum atomic E-state index is 13.3. The van der Waals surface area contributed by atoms with E-state index >= 15 is 0 Å². The largest absolute Gasteiger partial charge is 2.00 e. The van der Waals surface area contributed by atoms with Crippen molar-refractivity contribution < 1.29 is 26.4 Å². The Morgan fingerprint density at radius 1 is 0.528 bits per heavy atom. The summed E-state index contributed by atoms with van der Waals surface area (Å²) >= 11 is 0. The molecule has 2 aliphatic rings. The predicted molar refractivity (Wildman–Crippen MR) is 212 cm³/mol. The van der Waals surface area contributed by atoms with Crippen molar-refractivity contribution >= 4 is 55.9 Å². The topological polar surface area (TPSA) is 88.1 Å². The Kier molecular flexibility index (Phi) is 11.3. The fourth-order valence-corrected chi connectivity index (χ4v) is 7.61. The number of Topliss-reactive ketones (excluding diaryl/α,β-unsaturated/α-hetero) is 2. The Balaban J connectivity index is 0.00000481. The van der Waals surface area contributed by atoms with E-state index in [0.29, 0.717) is 36.8 Å². The molecule has 3 aromatic heterocycles. The number of nitrogens with zero attached hydrogens (tertiary/aromatic N) is 4. The molecule has 1 radical (unpaired) electrons. The van der Waals surface area contributed by atoms with Gasteiger partial charge in [-0.1, -0.05) is 121 Å². The van der Waals surface area contributed by atoms with Crippen LogP contribution in [0.25, 0.3) is 44.4 Å². The summed E-state index contributed by atoms with van der Waals surface area (Å²) in [6.07, 6.45) is 3.49. The molecule has 5 aromatic rings. The summed E-state index contributed by atoms with van der Waals surface area (Å²) in [6, 6.07) is 27.3. The first-order chi connectivity index (χ1) is 25.2. The number of benzene rings is 2. The zero-order valence-electron chi connectivity index (χ0n) is 31.3. The number of hydrogen-bond donors (Lipinski definition) is 0. The van der Waals surface area contributed by atoms with Crippen LogP contribution in [0.5, 0.6) is 0 Å². The molecule has 5 heterocycles. The van der Waals surface area contributed by atoms with Crippen LogP contribution in [0.1, 0.15) is 119 Å². The number of hydrogen-bond acceptors (Lipinski definition) is 4. The number of carbonyl (C=O) groups is 2. The number of aryl methyl sites for hydroxylation is 4. The summed E-state index contributed by atoms with van der Waals surface area (Å²) < 4.78 is 0. The molecule has 8 bridgehead atoms. The van der Waals surface area contributed by atoms with E-state index in [2.05, 4.69) is 65.8 Å². The average molecular weight is 744 g/mol. The standard InChI is InChI=1S/C46H44N4O2.Co/c1-7-33-27(3)37-23-38-29(5)35(19-21-45(51)31-15-11-9-12-16-31)43(49-38)26-44-36(20-22-46(52)32-17-13-10-14-18-32)30(6)40(50-44)25-42-34(8-2)28(4)39(48-42)24-41(33)47-37;/h9-18,23-26H,7-8,19-22H2,1-6H3;/q-2;+2. The quantitative estimate of drug-likeness (QED) is 0.132. The van der Waals surface area contributed by atoms with Gasteiger partial charge in [-0.2, -0.15) is 0 Å². The van der Waals surface area contributed by atoms with E-state index in [1.165, 1.54) is 11.1 Å². The van der Waals surface area contributed by atoms with Gasteiger partial charge in [-0.3, -0.25) is 9.59 Å². The molecule has 0 aliphatic carbocycles. The first-order valence-electron chi connectivity index (χ1n) is 18.4. The fraction of sp³-hybridized carbons (Fsp3) is 0.261. The predicted octanol–water partition coefficient (Wildman–Crippen LogP) is 10.5. The second-order valence-corrected chi connectivity index (χ2v) is 13.8. The van der Waals surface area contributed by atoms with Crippen LogP contribution in [0.3, 0.4) is 0 Å². The summed E-state index contributed by atoms with van der Waals surface area (Å²) in [5.74, 6) is 0.195. The van der Waals surface area contributed by atoms with Crippen molar-refractivity contribution in [3.8, 4) is 0 Å². The van der Waals surface area contributed by atoms with E-state index in [9.17, 15) is 9.59 Å². The molecular formula is C46H44CoN4O2. The Morgan fingerprint density at radius 3 is 1.51 bits per heavy atom. The Bertz CT molecular complexity index is 2450. The molecule has 0 fully saturated rings. The number of rotatable bonds is 10. The van der Waals surface area contributed by atoms with Gasteiger partial charge in [0.2, 0.25) is 0 Å². The second-order valence-electron chi connectivity index (χ2n) is 13.8. The van der Waals surface area contributed by atoms with E-state index in [1.54, 1.807) is 0 Å². The third-order valence-electron chi connectivity index (χ3n) is 10.7. The summed E-state index contributed by atoms with van der Waals surface area (Å²) in [5.41, 5.74) is 17.2. The van der Waals surface area contributed by atoms with E-state index in [-0.39, 0.29) is 28.3 Å². The van der Waals surface area contributed by atoms with E-state index in [4.69, 9.17) is 19.9 Å². The van der Waals surface area contributed by atoms with Crippen LogP contribution in [0.15, 0.2) is 84.9 Å². The molecule has 7 rings (SSSR count). The van der Waals surface area contributed by atoms with Crippen LogP contribution in [-0.2, 0) is 29.6 Å². The van der Waals surface area contributed by atoms with Gasteiger partial charge >= 0.3 is 16.8 Å². The SMILES string of the molecule is CCC1=C(C)c2cc3[n-]c(cc4nc(cc5[n-]c(cc1n2)c(C)c5CCC(=O)c1ccccc1)C(CCC(=O)c1ccccc1)=C4C)c(C)c3CC.[Co+2]. The van der Waals surface area contributed by atoms with Gasteiger partial charge in [0, 0.05) is 24.0 Å². The van der Waals surface area contributed by atoms with Gasteiger partial charge in [0.1, 0.15) is 0 Å². The van der Waals surface area contributed by atoms with Gasteiger partial charge < -0.3 is 9.97 Å². The van der Waals surface area contributed by atoms with Crippen LogP contribution < -0.4 is 9.97 Å². The van der Waals surface area contributed by atoms with Gasteiger partial charge in [0.25, 0.3) is 0 Å². The van der Waals surface area contributed by atoms with E-state index < -0.39 is 0 Å². The first-order valence-corrected chi connectivity index (χ1v) is 18.4. The minimum absolute atomic E-state index is 0. The third kappa shape index (κ3) is 7.41.